The average Bonchev–Trinajstić information content (AvgIpc) is 2.63. The number of nitriles is 1. The highest BCUT2D eigenvalue weighted by Gasteiger charge is 2.13. The molecule has 0 bridgehead atoms. The predicted octanol–water partition coefficient (Wildman–Crippen LogP) is 1.61. The minimum absolute atomic E-state index is 0.199. The van der Waals surface area contributed by atoms with E-state index < -0.39 is 0 Å². The van der Waals surface area contributed by atoms with Gasteiger partial charge in [0, 0.05) is 19.7 Å². The molecule has 0 radical (unpaired) electrons. The van der Waals surface area contributed by atoms with Gasteiger partial charge >= 0.3 is 6.03 Å². The van der Waals surface area contributed by atoms with Crippen LogP contribution in [0.2, 0.25) is 0 Å². The summed E-state index contributed by atoms with van der Waals surface area (Å²) in [4.78, 5) is 13.0. The van der Waals surface area contributed by atoms with Gasteiger partial charge in [-0.3, -0.25) is 5.32 Å². The Kier molecular flexibility index (Phi) is 3.89. The van der Waals surface area contributed by atoms with Gasteiger partial charge in [0.1, 0.15) is 5.76 Å². The Morgan fingerprint density at radius 3 is 3.00 bits per heavy atom. The minimum Gasteiger partial charge on any atom is -0.360 e. The monoisotopic (exact) mass is 222 g/mol. The molecule has 6 nitrogen and oxygen atoms in total. The zero-order valence-corrected chi connectivity index (χ0v) is 9.52. The summed E-state index contributed by atoms with van der Waals surface area (Å²) in [5, 5.41) is 14.8. The molecule has 0 saturated carbocycles. The van der Waals surface area contributed by atoms with E-state index in [1.165, 1.54) is 4.90 Å². The van der Waals surface area contributed by atoms with Gasteiger partial charge in [-0.2, -0.15) is 5.26 Å². The zero-order valence-electron chi connectivity index (χ0n) is 9.52. The Morgan fingerprint density at radius 1 is 1.81 bits per heavy atom. The fraction of sp³-hybridized carbons (Fsp3) is 0.500. The molecule has 1 aromatic rings. The molecule has 6 heteroatoms. The normalized spacial score (nSPS) is 11.6. The largest absolute Gasteiger partial charge is 0.360 e. The van der Waals surface area contributed by atoms with Gasteiger partial charge in [0.2, 0.25) is 0 Å². The quantitative estimate of drug-likeness (QED) is 0.842. The van der Waals surface area contributed by atoms with Gasteiger partial charge in [-0.05, 0) is 13.8 Å². The molecule has 2 amide bonds. The lowest BCUT2D eigenvalue weighted by molar-refractivity contribution is 0.219. The molecule has 0 aliphatic carbocycles. The van der Waals surface area contributed by atoms with Crippen molar-refractivity contribution in [2.75, 3.05) is 18.9 Å². The molecule has 0 fully saturated rings. The van der Waals surface area contributed by atoms with Crippen molar-refractivity contribution in [2.45, 2.75) is 13.8 Å². The maximum absolute atomic E-state index is 11.6. The molecule has 0 saturated heterocycles. The summed E-state index contributed by atoms with van der Waals surface area (Å²) in [6.07, 6.45) is 0. The van der Waals surface area contributed by atoms with E-state index in [0.717, 1.165) is 0 Å². The van der Waals surface area contributed by atoms with Crippen LogP contribution in [-0.4, -0.2) is 29.7 Å². The summed E-state index contributed by atoms with van der Waals surface area (Å²) in [5.74, 6) is 0.803. The Bertz CT molecular complexity index is 407. The first kappa shape index (κ1) is 12.0. The molecule has 86 valence electrons. The number of aryl methyl sites for hydroxylation is 1. The molecule has 1 aromatic heterocycles. The summed E-state index contributed by atoms with van der Waals surface area (Å²) in [7, 11) is 1.62. The Labute approximate surface area is 93.8 Å². The number of hydrogen-bond donors (Lipinski definition) is 1. The SMILES string of the molecule is Cc1cc(NC(=O)N(C)C[C@H](C)C#N)no1. The molecule has 1 rings (SSSR count). The highest BCUT2D eigenvalue weighted by atomic mass is 16.5. The first-order valence-electron chi connectivity index (χ1n) is 4.88. The standard InChI is InChI=1S/C10H14N4O2/c1-7(5-11)6-14(3)10(15)12-9-4-8(2)16-13-9/h4,7H,6H2,1-3H3,(H,12,13,15)/t7-/m1/s1. The third-order valence-corrected chi connectivity index (χ3v) is 1.98. The number of carbonyl (C=O) groups is 1. The Morgan fingerprint density at radius 2 is 2.50 bits per heavy atom. The van der Waals surface area contributed by atoms with E-state index in [-0.39, 0.29) is 11.9 Å². The molecule has 0 spiro atoms. The third-order valence-electron chi connectivity index (χ3n) is 1.98. The zero-order chi connectivity index (χ0) is 12.1. The number of nitrogens with one attached hydrogen (secondary N) is 1. The Hall–Kier alpha value is -2.03. The summed E-state index contributed by atoms with van der Waals surface area (Å²) < 4.78 is 4.81. The van der Waals surface area contributed by atoms with Crippen molar-refractivity contribution in [3.05, 3.63) is 11.8 Å². The Balaban J connectivity index is 2.49. The van der Waals surface area contributed by atoms with Crippen LogP contribution in [0, 0.1) is 24.2 Å². The molecule has 1 heterocycles. The molecule has 16 heavy (non-hydrogen) atoms. The second-order valence-corrected chi connectivity index (χ2v) is 3.66. The number of anilines is 1. The topological polar surface area (TPSA) is 82.2 Å². The van der Waals surface area contributed by atoms with Gasteiger partial charge in [-0.1, -0.05) is 5.16 Å². The lowest BCUT2D eigenvalue weighted by atomic mass is 10.2. The van der Waals surface area contributed by atoms with Crippen LogP contribution in [0.3, 0.4) is 0 Å². The van der Waals surface area contributed by atoms with Gasteiger partial charge in [-0.25, -0.2) is 4.79 Å². The molecular formula is C10H14N4O2. The smallest absolute Gasteiger partial charge is 0.322 e. The lowest BCUT2D eigenvalue weighted by Crippen LogP contribution is -2.34. The van der Waals surface area contributed by atoms with Crippen molar-refractivity contribution in [1.29, 1.82) is 5.26 Å². The van der Waals surface area contributed by atoms with Gasteiger partial charge in [0.25, 0.3) is 0 Å². The second-order valence-electron chi connectivity index (χ2n) is 3.66. The van der Waals surface area contributed by atoms with Gasteiger partial charge in [0.15, 0.2) is 5.82 Å². The molecule has 0 unspecified atom stereocenters. The first-order valence-corrected chi connectivity index (χ1v) is 4.88. The summed E-state index contributed by atoms with van der Waals surface area (Å²) in [6, 6.07) is 3.38. The van der Waals surface area contributed by atoms with Crippen molar-refractivity contribution >= 4 is 11.8 Å². The van der Waals surface area contributed by atoms with Crippen LogP contribution in [0.1, 0.15) is 12.7 Å². The van der Waals surface area contributed by atoms with Gasteiger partial charge < -0.3 is 9.42 Å². The highest BCUT2D eigenvalue weighted by Crippen LogP contribution is 2.08. The van der Waals surface area contributed by atoms with E-state index >= 15 is 0 Å². The summed E-state index contributed by atoms with van der Waals surface area (Å²) in [6.45, 7) is 3.87. The van der Waals surface area contributed by atoms with Crippen molar-refractivity contribution in [1.82, 2.24) is 10.1 Å². The molecule has 1 atom stereocenters. The maximum Gasteiger partial charge on any atom is 0.322 e. The number of rotatable bonds is 3. The minimum atomic E-state index is -0.310. The second kappa shape index (κ2) is 5.16. The molecule has 1 N–H and O–H groups in total. The van der Waals surface area contributed by atoms with Crippen molar-refractivity contribution < 1.29 is 9.32 Å². The lowest BCUT2D eigenvalue weighted by Gasteiger charge is -2.17. The molecule has 0 aliphatic heterocycles. The van der Waals surface area contributed by atoms with Crippen LogP contribution < -0.4 is 5.32 Å². The molecular weight excluding hydrogens is 208 g/mol. The number of nitrogens with zero attached hydrogens (tertiary/aromatic N) is 3. The van der Waals surface area contributed by atoms with Crippen LogP contribution in [0.15, 0.2) is 10.6 Å². The summed E-state index contributed by atoms with van der Waals surface area (Å²) in [5.41, 5.74) is 0. The van der Waals surface area contributed by atoms with Crippen molar-refractivity contribution in [2.24, 2.45) is 5.92 Å². The summed E-state index contributed by atoms with van der Waals surface area (Å²) >= 11 is 0. The van der Waals surface area contributed by atoms with Gasteiger partial charge in [0.05, 0.1) is 12.0 Å². The van der Waals surface area contributed by atoms with Crippen molar-refractivity contribution in [3.63, 3.8) is 0 Å². The van der Waals surface area contributed by atoms with Crippen LogP contribution in [-0.2, 0) is 0 Å². The van der Waals surface area contributed by atoms with E-state index in [1.54, 1.807) is 27.0 Å². The number of aromatic nitrogens is 1. The van der Waals surface area contributed by atoms with E-state index in [4.69, 9.17) is 9.78 Å². The van der Waals surface area contributed by atoms with Crippen molar-refractivity contribution in [3.8, 4) is 6.07 Å². The molecule has 0 aliphatic rings. The van der Waals surface area contributed by atoms with Gasteiger partial charge in [-0.15, -0.1) is 0 Å². The number of hydrogen-bond acceptors (Lipinski definition) is 4. The number of carbonyl (C=O) groups excluding carboxylic acids is 1. The maximum atomic E-state index is 11.6. The van der Waals surface area contributed by atoms with Crippen LogP contribution in [0.5, 0.6) is 0 Å². The van der Waals surface area contributed by atoms with Crippen LogP contribution in [0.25, 0.3) is 0 Å². The number of urea groups is 1. The molecule has 0 aromatic carbocycles. The van der Waals surface area contributed by atoms with Crippen LogP contribution in [0.4, 0.5) is 10.6 Å². The fourth-order valence-corrected chi connectivity index (χ4v) is 1.16. The average molecular weight is 222 g/mol. The first-order chi connectivity index (χ1) is 7.52. The number of amides is 2. The predicted molar refractivity (Wildman–Crippen MR) is 57.7 cm³/mol. The van der Waals surface area contributed by atoms with E-state index in [1.807, 2.05) is 0 Å². The fourth-order valence-electron chi connectivity index (χ4n) is 1.16. The van der Waals surface area contributed by atoms with E-state index in [0.29, 0.717) is 18.1 Å². The highest BCUT2D eigenvalue weighted by molar-refractivity contribution is 5.88. The van der Waals surface area contributed by atoms with E-state index in [2.05, 4.69) is 16.5 Å². The third kappa shape index (κ3) is 3.28. The van der Waals surface area contributed by atoms with E-state index in [9.17, 15) is 4.79 Å². The van der Waals surface area contributed by atoms with Crippen LogP contribution >= 0.6 is 0 Å².